The number of amides is 8. The molecule has 4 aliphatic heterocycles. The average Bonchev–Trinajstić information content (AvgIpc) is 0.836. The van der Waals surface area contributed by atoms with E-state index in [0.717, 1.165) is 19.6 Å². The fourth-order valence-corrected chi connectivity index (χ4v) is 16.8. The van der Waals surface area contributed by atoms with Gasteiger partial charge in [-0.1, -0.05) is 0 Å². The van der Waals surface area contributed by atoms with E-state index in [1.54, 1.807) is 75.0 Å². The summed E-state index contributed by atoms with van der Waals surface area (Å²) >= 11 is 0. The number of hydrogen-bond donors (Lipinski definition) is 4. The van der Waals surface area contributed by atoms with Crippen LogP contribution < -0.4 is 82.5 Å². The van der Waals surface area contributed by atoms with E-state index in [1.807, 2.05) is 0 Å². The monoisotopic (exact) mass is 2690 g/mol. The second-order valence-corrected chi connectivity index (χ2v) is 38.0. The van der Waals surface area contributed by atoms with Crippen LogP contribution in [0, 0.1) is 165 Å². The Kier molecular flexibility index (Phi) is 73.6. The summed E-state index contributed by atoms with van der Waals surface area (Å²) in [6, 6.07) is -3.27. The summed E-state index contributed by atoms with van der Waals surface area (Å²) < 4.78 is 0. The third kappa shape index (κ3) is 63.2. The van der Waals surface area contributed by atoms with Gasteiger partial charge >= 0.3 is 160 Å². The van der Waals surface area contributed by atoms with Crippen molar-refractivity contribution in [1.29, 1.82) is 0 Å². The molecule has 0 bridgehead atoms. The Morgan fingerprint density at radius 2 is 0.268 bits per heavy atom. The van der Waals surface area contributed by atoms with E-state index in [9.17, 15) is 138 Å². The minimum atomic E-state index is -1.95. The molecule has 0 spiro atoms. The van der Waals surface area contributed by atoms with Crippen LogP contribution in [0.4, 0.5) is 0 Å². The maximum Gasteiger partial charge on any atom is 3.00 e. The van der Waals surface area contributed by atoms with Gasteiger partial charge in [0.1, 0.15) is 0 Å². The van der Waals surface area contributed by atoms with E-state index >= 15 is 19.2 Å². The number of carbonyl (C=O) groups excluding carboxylic acids is 20. The van der Waals surface area contributed by atoms with E-state index in [-0.39, 0.29) is 369 Å². The van der Waals surface area contributed by atoms with Crippen LogP contribution in [-0.2, 0) is 95.9 Å². The van der Waals surface area contributed by atoms with Gasteiger partial charge in [0.2, 0.25) is 47.3 Å². The first-order valence-electron chi connectivity index (χ1n) is 48.4. The summed E-state index contributed by atoms with van der Waals surface area (Å²) in [5.41, 5.74) is -1.95. The molecule has 0 aromatic rings. The van der Waals surface area contributed by atoms with Crippen LogP contribution in [0.3, 0.4) is 0 Å². The summed E-state index contributed by atoms with van der Waals surface area (Å²) in [6.07, 6.45) is 0. The van der Waals surface area contributed by atoms with E-state index in [2.05, 4.69) is 21.3 Å². The van der Waals surface area contributed by atoms with Gasteiger partial charge in [-0.15, -0.1) is 0 Å². The minimum absolute atomic E-state index is 0. The van der Waals surface area contributed by atoms with Gasteiger partial charge in [-0.05, 0) is 55.4 Å². The molecule has 149 heavy (non-hydrogen) atoms. The zero-order chi connectivity index (χ0) is 108. The van der Waals surface area contributed by atoms with Crippen molar-refractivity contribution in [2.24, 2.45) is 5.41 Å². The first kappa shape index (κ1) is 143. The number of rotatable bonds is 52. The van der Waals surface area contributed by atoms with E-state index < -0.39 is 306 Å². The van der Waals surface area contributed by atoms with Crippen LogP contribution >= 0.6 is 0 Å². The molecule has 4 saturated heterocycles. The zero-order valence-corrected chi connectivity index (χ0v) is 94.9. The number of hydrogen-bond acceptors (Lipinski definition) is 48. The molecule has 0 aromatic carbocycles. The van der Waals surface area contributed by atoms with Crippen LogP contribution in [0.15, 0.2) is 0 Å². The van der Waals surface area contributed by atoms with E-state index in [4.69, 9.17) is 0 Å². The number of carboxylic acids is 12. The normalized spacial score (nSPS) is 17.6. The van der Waals surface area contributed by atoms with Crippen molar-refractivity contribution >= 4 is 119 Å². The van der Waals surface area contributed by atoms with Gasteiger partial charge in [0, 0.05) is 344 Å². The van der Waals surface area contributed by atoms with Crippen LogP contribution in [-0.4, -0.2) is 608 Å². The molecule has 0 aliphatic carbocycles. The van der Waals surface area contributed by atoms with Crippen molar-refractivity contribution in [3.8, 4) is 0 Å². The van der Waals surface area contributed by atoms with Gasteiger partial charge in [0.15, 0.2) is 0 Å². The van der Waals surface area contributed by atoms with Crippen LogP contribution in [0.2, 0.25) is 0 Å². The topological polar surface area (TPSA) is 731 Å². The van der Waals surface area contributed by atoms with E-state index in [1.165, 1.54) is 58.8 Å². The molecule has 4 aliphatic rings. The molecule has 4 rings (SSSR count). The molecule has 60 heteroatoms. The summed E-state index contributed by atoms with van der Waals surface area (Å²) in [6.45, 7) is -4.31. The smallest absolute Gasteiger partial charge is 0.549 e. The van der Waals surface area contributed by atoms with Gasteiger partial charge in [0.25, 0.3) is 0 Å². The average molecular weight is 2690 g/mol. The van der Waals surface area contributed by atoms with Crippen LogP contribution in [0.25, 0.3) is 0 Å². The zero-order valence-electron chi connectivity index (χ0n) is 85.8. The van der Waals surface area contributed by atoms with Gasteiger partial charge in [-0.3, -0.25) is 117 Å². The first-order chi connectivity index (χ1) is 68.2. The maximum absolute atomic E-state index is 15.1. The molecule has 4 radical (unpaired) electrons. The Morgan fingerprint density at radius 3 is 0.349 bits per heavy atom. The molecule has 0 aromatic heterocycles. The number of nitrogens with zero attached hydrogens (tertiary/aromatic N) is 20. The predicted molar refractivity (Wildman–Crippen MR) is 485 cm³/mol. The molecular formula is C89H144Gd4N24O32. The van der Waals surface area contributed by atoms with Gasteiger partial charge in [-0.25, -0.2) is 0 Å². The fourth-order valence-electron chi connectivity index (χ4n) is 16.8. The molecule has 0 unspecified atom stereocenters. The van der Waals surface area contributed by atoms with Crippen molar-refractivity contribution in [1.82, 2.24) is 119 Å². The minimum Gasteiger partial charge on any atom is -0.549 e. The quantitative estimate of drug-likeness (QED) is 0.0439. The Labute approximate surface area is 996 Å². The standard InChI is InChI=1S/C89H156N24O32.4Gd/c1-65(2)110(73(118)45-94-9-17-98(49-77(122)123)25-33-106(57-85(138)139)34-26-99(18-10-94)50-78(124)125)41-69(114)90-61-89(62-91-70(115)42-111(66(3)4)74(119)46-95-11-19-100(51-79(126)127)27-35-107(58-86(140)141)36-28-101(20-12-95)52-80(128)129,63-92-71(116)43-112(67(5)6)75(120)47-96-13-21-102(53-81(130)131)29-37-108(59-87(142)143)38-30-103(22-14-96)54-82(132)133)64-93-72(117)44-113(68(7)8)76(121)48-97-15-23-104(55-83(134)135)31-39-109(60-88(144)145)40-32-105(24-16-97)56-84(136)137;;;;/h65-68H,9-64H2,1-8H3,(H,90,114)(H,91,115)(H,92,116)(H,93,117)(H,122,123)(H,124,125)(H,126,127)(H,128,129)(H,130,131)(H,132,133)(H,134,135)(H,136,137)(H,138,139)(H,140,141)(H,142,143)(H,144,145);;;;/q;4*+3/p-12. The van der Waals surface area contributed by atoms with Crippen molar-refractivity contribution in [2.75, 3.05) is 367 Å². The van der Waals surface area contributed by atoms with Gasteiger partial charge in [-0.2, -0.15) is 0 Å². The largest absolute Gasteiger partial charge is 3.00 e. The number of aliphatic carboxylic acids is 12. The Hall–Kier alpha value is -5.94. The molecule has 4 N–H and O–H groups in total. The maximum atomic E-state index is 15.1. The van der Waals surface area contributed by atoms with Gasteiger partial charge in [0.05, 0.1) is 124 Å². The number of nitrogens with one attached hydrogen (secondary N) is 4. The molecule has 56 nitrogen and oxygen atoms in total. The molecule has 0 atom stereocenters. The molecular weight excluding hydrogens is 2550 g/mol. The van der Waals surface area contributed by atoms with Crippen molar-refractivity contribution < 1.29 is 317 Å². The third-order valence-corrected chi connectivity index (χ3v) is 25.1. The van der Waals surface area contributed by atoms with E-state index in [0.29, 0.717) is 0 Å². The Balaban J connectivity index is 0.0000548. The van der Waals surface area contributed by atoms with Gasteiger partial charge < -0.3 is 160 Å². The summed E-state index contributed by atoms with van der Waals surface area (Å²) in [4.78, 5) is 293. The summed E-state index contributed by atoms with van der Waals surface area (Å²) in [5.74, 6) is -24.3. The van der Waals surface area contributed by atoms with Crippen molar-refractivity contribution in [3.05, 3.63) is 0 Å². The molecule has 8 amide bonds. The van der Waals surface area contributed by atoms with Crippen molar-refractivity contribution in [2.45, 2.75) is 79.6 Å². The molecule has 0 saturated carbocycles. The summed E-state index contributed by atoms with van der Waals surface area (Å²) in [5, 5.41) is 155. The Morgan fingerprint density at radius 1 is 0.181 bits per heavy atom. The number of carboxylic acid groups (broad SMARTS) is 12. The molecule has 844 valence electrons. The molecule has 4 heterocycles. The first-order valence-corrected chi connectivity index (χ1v) is 48.4. The fraction of sp³-hybridized carbons (Fsp3) is 0.775. The second kappa shape index (κ2) is 76.6. The third-order valence-electron chi connectivity index (χ3n) is 25.1. The SMILES string of the molecule is CC(C)N(CC(=O)NCC(CNC(=O)CN(C(=O)CN1CCN(CC(=O)[O-])CCN(CC(=O)[O-])CCN(CC(=O)[O-])CC1)C(C)C)(CNC(=O)CN(C(=O)CN1CCN(CC(=O)[O-])CCN(CC(=O)[O-])CCN(CC(=O)[O-])CC1)C(C)C)CNC(=O)CN(C(=O)CN1CCN(CC(=O)[O-])CCN(CC(=O)[O-])CCN(CC(=O)[O-])CC1)C(C)C)C(=O)CN1CCN(CC(=O)[O-])CCN(CC(=O)[O-])CCN(CC(=O)[O-])CC1.[Gd+3].[Gd+3].[Gd+3].[Gd+3]. The number of carbonyl (C=O) groups is 20. The van der Waals surface area contributed by atoms with Crippen molar-refractivity contribution in [3.63, 3.8) is 0 Å². The summed E-state index contributed by atoms with van der Waals surface area (Å²) in [7, 11) is 0. The van der Waals surface area contributed by atoms with Crippen LogP contribution in [0.1, 0.15) is 55.4 Å². The Bertz CT molecular complexity index is 3620. The second-order valence-electron chi connectivity index (χ2n) is 38.0. The predicted octanol–water partition coefficient (Wildman–Crippen LogP) is -26.7. The van der Waals surface area contributed by atoms with Crippen LogP contribution in [0.5, 0.6) is 0 Å². The molecule has 4 fully saturated rings.